The maximum absolute atomic E-state index is 9.65. The number of hydrogen-bond donors (Lipinski definition) is 3. The van der Waals surface area contributed by atoms with Crippen molar-refractivity contribution in [2.24, 2.45) is 5.73 Å². The van der Waals surface area contributed by atoms with Crippen molar-refractivity contribution in [3.63, 3.8) is 0 Å². The molecule has 0 aromatic carbocycles. The molecule has 0 rings (SSSR count). The highest BCUT2D eigenvalue weighted by atomic mass is 16.4. The first-order valence-electron chi connectivity index (χ1n) is 2.75. The van der Waals surface area contributed by atoms with Gasteiger partial charge in [-0.2, -0.15) is 0 Å². The van der Waals surface area contributed by atoms with Gasteiger partial charge in [0.1, 0.15) is 12.3 Å². The summed E-state index contributed by atoms with van der Waals surface area (Å²) >= 11 is 0. The summed E-state index contributed by atoms with van der Waals surface area (Å²) in [6.07, 6.45) is 1.83. The van der Waals surface area contributed by atoms with Gasteiger partial charge >= 0.3 is 5.97 Å². The van der Waals surface area contributed by atoms with Crippen LogP contribution in [-0.4, -0.2) is 35.1 Å². The summed E-state index contributed by atoms with van der Waals surface area (Å²) in [5.41, 5.74) is 4.77. The first-order chi connectivity index (χ1) is 5.09. The Morgan fingerprint density at radius 3 is 2.09 bits per heavy atom. The lowest BCUT2D eigenvalue weighted by Crippen LogP contribution is -2.33. The van der Waals surface area contributed by atoms with Crippen LogP contribution in [0, 0.1) is 0 Å². The van der Waals surface area contributed by atoms with Crippen LogP contribution < -0.4 is 5.73 Å². The number of carboxylic acids is 1. The number of carbonyl (C=O) groups is 2. The molecule has 0 bridgehead atoms. The van der Waals surface area contributed by atoms with Gasteiger partial charge in [-0.3, -0.25) is 9.59 Å². The summed E-state index contributed by atoms with van der Waals surface area (Å²) in [5, 5.41) is 15.9. The number of aliphatic hydroxyl groups is 1. The molecule has 0 aliphatic carbocycles. The van der Waals surface area contributed by atoms with Gasteiger partial charge in [0.05, 0.1) is 6.61 Å². The summed E-state index contributed by atoms with van der Waals surface area (Å²) in [5.74, 6) is -1.18. The lowest BCUT2D eigenvalue weighted by atomic mass is 10.3. The van der Waals surface area contributed by atoms with Gasteiger partial charge in [0.2, 0.25) is 0 Å². The van der Waals surface area contributed by atoms with E-state index in [1.54, 1.807) is 0 Å². The second-order valence-electron chi connectivity index (χ2n) is 1.50. The molecule has 0 amide bonds. The third-order valence-electron chi connectivity index (χ3n) is 0.610. The highest BCUT2D eigenvalue weighted by Crippen LogP contribution is 1.71. The van der Waals surface area contributed by atoms with Crippen LogP contribution in [0.3, 0.4) is 0 Å². The fourth-order valence-electron chi connectivity index (χ4n) is 0.0781. The Balaban J connectivity index is 0. The van der Waals surface area contributed by atoms with E-state index in [0.29, 0.717) is 6.29 Å². The van der Waals surface area contributed by atoms with Crippen molar-refractivity contribution in [3.05, 3.63) is 12.7 Å². The van der Waals surface area contributed by atoms with Gasteiger partial charge in [0.15, 0.2) is 0 Å². The van der Waals surface area contributed by atoms with Crippen molar-refractivity contribution in [2.75, 3.05) is 6.61 Å². The number of aliphatic carboxylic acids is 1. The minimum Gasteiger partial charge on any atom is -0.480 e. The van der Waals surface area contributed by atoms with Crippen molar-refractivity contribution < 1.29 is 19.8 Å². The van der Waals surface area contributed by atoms with Crippen LogP contribution in [0.25, 0.3) is 0 Å². The lowest BCUT2D eigenvalue weighted by molar-refractivity contribution is -0.139. The number of nitrogens with two attached hydrogens (primary N) is 1. The van der Waals surface area contributed by atoms with Crippen LogP contribution in [0.15, 0.2) is 12.7 Å². The molecular formula is C6H11NO4. The second kappa shape index (κ2) is 8.80. The minimum absolute atomic E-state index is 0.505. The molecule has 5 heteroatoms. The molecule has 0 radical (unpaired) electrons. The van der Waals surface area contributed by atoms with Crippen LogP contribution >= 0.6 is 0 Å². The molecule has 0 aromatic heterocycles. The van der Waals surface area contributed by atoms with Gasteiger partial charge in [-0.05, 0) is 6.08 Å². The molecule has 0 spiro atoms. The summed E-state index contributed by atoms with van der Waals surface area (Å²) in [6, 6.07) is -1.13. The van der Waals surface area contributed by atoms with Crippen LogP contribution in [0.5, 0.6) is 0 Å². The van der Waals surface area contributed by atoms with E-state index in [1.165, 1.54) is 6.08 Å². The second-order valence-corrected chi connectivity index (χ2v) is 1.50. The van der Waals surface area contributed by atoms with Crippen LogP contribution in [0.4, 0.5) is 0 Å². The monoisotopic (exact) mass is 161 g/mol. The Kier molecular flexibility index (Phi) is 9.98. The number of allylic oxidation sites excluding steroid dienone is 1. The summed E-state index contributed by atoms with van der Waals surface area (Å²) in [7, 11) is 0. The molecule has 0 heterocycles. The minimum atomic E-state index is -1.18. The number of carbonyl (C=O) groups excluding carboxylic acids is 1. The zero-order chi connectivity index (χ0) is 9.28. The number of rotatable bonds is 3. The highest BCUT2D eigenvalue weighted by Gasteiger charge is 2.06. The first kappa shape index (κ1) is 12.5. The Morgan fingerprint density at radius 2 is 2.09 bits per heavy atom. The van der Waals surface area contributed by atoms with E-state index in [4.69, 9.17) is 20.7 Å². The van der Waals surface area contributed by atoms with Gasteiger partial charge in [-0.15, -0.1) is 0 Å². The van der Waals surface area contributed by atoms with Crippen molar-refractivity contribution in [2.45, 2.75) is 6.04 Å². The molecule has 4 N–H and O–H groups in total. The Labute approximate surface area is 64.1 Å². The molecule has 11 heavy (non-hydrogen) atoms. The number of aliphatic hydroxyl groups excluding tert-OH is 1. The highest BCUT2D eigenvalue weighted by molar-refractivity contribution is 5.73. The van der Waals surface area contributed by atoms with Gasteiger partial charge in [-0.25, -0.2) is 0 Å². The fraction of sp³-hybridized carbons (Fsp3) is 0.333. The Hall–Kier alpha value is -1.20. The third-order valence-corrected chi connectivity index (χ3v) is 0.610. The smallest absolute Gasteiger partial charge is 0.322 e. The zero-order valence-corrected chi connectivity index (χ0v) is 5.93. The van der Waals surface area contributed by atoms with Gasteiger partial charge in [0.25, 0.3) is 0 Å². The molecule has 0 aliphatic heterocycles. The predicted octanol–water partition coefficient (Wildman–Crippen LogP) is -1.24. The standard InChI is InChI=1S/C3H7NO3.C3H4O/c4-2(1-5)3(6)7;1-2-3-4/h2,5H,1,4H2,(H,6,7);2-3H,1H2. The van der Waals surface area contributed by atoms with Gasteiger partial charge in [0, 0.05) is 0 Å². The van der Waals surface area contributed by atoms with Crippen molar-refractivity contribution in [3.8, 4) is 0 Å². The van der Waals surface area contributed by atoms with E-state index in [2.05, 4.69) is 6.58 Å². The van der Waals surface area contributed by atoms with Crippen LogP contribution in [0.1, 0.15) is 0 Å². The maximum Gasteiger partial charge on any atom is 0.322 e. The number of hydrogen-bond acceptors (Lipinski definition) is 4. The van der Waals surface area contributed by atoms with Crippen molar-refractivity contribution in [1.29, 1.82) is 0 Å². The average molecular weight is 161 g/mol. The molecule has 1 unspecified atom stereocenters. The molecule has 1 atom stereocenters. The fourth-order valence-corrected chi connectivity index (χ4v) is 0.0781. The normalized spacial score (nSPS) is 10.4. The molecule has 0 saturated heterocycles. The summed E-state index contributed by atoms with van der Waals surface area (Å²) < 4.78 is 0. The molecule has 5 nitrogen and oxygen atoms in total. The Bertz CT molecular complexity index is 129. The zero-order valence-electron chi connectivity index (χ0n) is 5.93. The molecule has 0 saturated carbocycles. The van der Waals surface area contributed by atoms with E-state index in [-0.39, 0.29) is 0 Å². The van der Waals surface area contributed by atoms with E-state index in [1.807, 2.05) is 0 Å². The van der Waals surface area contributed by atoms with Crippen molar-refractivity contribution in [1.82, 2.24) is 0 Å². The van der Waals surface area contributed by atoms with Crippen LogP contribution in [0.2, 0.25) is 0 Å². The van der Waals surface area contributed by atoms with Crippen molar-refractivity contribution >= 4 is 12.3 Å². The molecule has 0 fully saturated rings. The van der Waals surface area contributed by atoms with E-state index in [0.717, 1.165) is 0 Å². The van der Waals surface area contributed by atoms with E-state index in [9.17, 15) is 4.79 Å². The maximum atomic E-state index is 9.65. The topological polar surface area (TPSA) is 101 Å². The van der Waals surface area contributed by atoms with Gasteiger partial charge in [-0.1, -0.05) is 6.58 Å². The predicted molar refractivity (Wildman–Crippen MR) is 39.0 cm³/mol. The largest absolute Gasteiger partial charge is 0.480 e. The Morgan fingerprint density at radius 1 is 1.73 bits per heavy atom. The molecule has 64 valence electrons. The van der Waals surface area contributed by atoms with E-state index < -0.39 is 18.6 Å². The summed E-state index contributed by atoms with van der Waals surface area (Å²) in [4.78, 5) is 18.7. The lowest BCUT2D eigenvalue weighted by Gasteiger charge is -1.96. The number of aldehydes is 1. The quantitative estimate of drug-likeness (QED) is 0.355. The SMILES string of the molecule is C=CC=O.NC(CO)C(=O)O. The molecular weight excluding hydrogens is 150 g/mol. The third kappa shape index (κ3) is 12.1. The average Bonchev–Trinajstić information content (AvgIpc) is 2.03. The number of carboxylic acid groups (broad SMARTS) is 1. The van der Waals surface area contributed by atoms with E-state index >= 15 is 0 Å². The first-order valence-corrected chi connectivity index (χ1v) is 2.75. The summed E-state index contributed by atoms with van der Waals surface area (Å²) in [6.45, 7) is 2.61. The molecule has 0 aliphatic rings. The van der Waals surface area contributed by atoms with Gasteiger partial charge < -0.3 is 15.9 Å². The molecule has 0 aromatic rings. The van der Waals surface area contributed by atoms with Crippen LogP contribution in [-0.2, 0) is 9.59 Å².